The highest BCUT2D eigenvalue weighted by Crippen LogP contribution is 2.33. The highest BCUT2D eigenvalue weighted by molar-refractivity contribution is 5.60. The number of hydrogen-bond acceptors (Lipinski definition) is 3. The molecule has 2 unspecified atom stereocenters. The minimum Gasteiger partial charge on any atom is -0.414 e. The number of carbonyl (C=O) groups excluding carboxylic acids is 1. The summed E-state index contributed by atoms with van der Waals surface area (Å²) in [5, 5.41) is 3.53. The van der Waals surface area contributed by atoms with E-state index in [-0.39, 0.29) is 12.3 Å². The number of nitrogens with one attached hydrogen (secondary N) is 1. The molecule has 4 heteroatoms. The second-order valence-corrected chi connectivity index (χ2v) is 7.53. The predicted octanol–water partition coefficient (Wildman–Crippen LogP) is 3.41. The van der Waals surface area contributed by atoms with E-state index in [0.717, 1.165) is 32.2 Å². The number of amides is 1. The third kappa shape index (κ3) is 3.34. The second kappa shape index (κ2) is 6.02. The summed E-state index contributed by atoms with van der Waals surface area (Å²) in [6.45, 7) is 6.89. The lowest BCUT2D eigenvalue weighted by molar-refractivity contribution is -0.892. The molecule has 0 aromatic rings. The Bertz CT molecular complexity index is 339. The van der Waals surface area contributed by atoms with Gasteiger partial charge in [-0.1, -0.05) is 6.42 Å². The molecule has 1 aliphatic heterocycles. The van der Waals surface area contributed by atoms with Crippen LogP contribution in [0.2, 0.25) is 0 Å². The zero-order valence-electron chi connectivity index (χ0n) is 13.6. The molecule has 0 bridgehead atoms. The molecule has 0 aromatic carbocycles. The Kier molecular flexibility index (Phi) is 4.75. The van der Waals surface area contributed by atoms with Crippen LogP contribution in [-0.2, 0) is 4.74 Å². The first-order chi connectivity index (χ1) is 9.34. The molecular formula is C16H31N2O2+. The van der Waals surface area contributed by atoms with Gasteiger partial charge in [-0.05, 0) is 40.0 Å². The van der Waals surface area contributed by atoms with Gasteiger partial charge in [0.15, 0.2) is 6.17 Å². The molecule has 2 aliphatic rings. The highest BCUT2D eigenvalue weighted by Gasteiger charge is 2.50. The largest absolute Gasteiger partial charge is 0.517 e. The number of quaternary nitrogens is 1. The highest BCUT2D eigenvalue weighted by atomic mass is 16.6. The molecule has 0 spiro atoms. The number of nitrogens with zero attached hydrogens (tertiary/aromatic N) is 1. The van der Waals surface area contributed by atoms with E-state index in [9.17, 15) is 4.79 Å². The van der Waals surface area contributed by atoms with Crippen LogP contribution in [0.1, 0.15) is 65.7 Å². The van der Waals surface area contributed by atoms with Gasteiger partial charge in [0, 0.05) is 25.8 Å². The summed E-state index contributed by atoms with van der Waals surface area (Å²) in [4.78, 5) is 12.9. The molecule has 2 rings (SSSR count). The molecule has 2 fully saturated rings. The molecular weight excluding hydrogens is 252 g/mol. The van der Waals surface area contributed by atoms with Crippen molar-refractivity contribution >= 4 is 6.09 Å². The van der Waals surface area contributed by atoms with Crippen molar-refractivity contribution in [1.82, 2.24) is 5.32 Å². The maximum Gasteiger partial charge on any atom is 0.517 e. The van der Waals surface area contributed by atoms with Crippen molar-refractivity contribution in [3.05, 3.63) is 0 Å². The van der Waals surface area contributed by atoms with Crippen LogP contribution in [0.25, 0.3) is 0 Å². The normalized spacial score (nSPS) is 28.1. The summed E-state index contributed by atoms with van der Waals surface area (Å²) in [6, 6.07) is 0.411. The van der Waals surface area contributed by atoms with Crippen LogP contribution < -0.4 is 5.32 Å². The van der Waals surface area contributed by atoms with Crippen LogP contribution in [0.3, 0.4) is 0 Å². The topological polar surface area (TPSA) is 38.3 Å². The third-order valence-corrected chi connectivity index (χ3v) is 4.80. The van der Waals surface area contributed by atoms with Crippen molar-refractivity contribution in [2.24, 2.45) is 0 Å². The van der Waals surface area contributed by atoms with Crippen molar-refractivity contribution < 1.29 is 14.0 Å². The van der Waals surface area contributed by atoms with Crippen molar-refractivity contribution in [1.29, 1.82) is 0 Å². The van der Waals surface area contributed by atoms with Gasteiger partial charge in [0.2, 0.25) is 0 Å². The molecule has 1 heterocycles. The van der Waals surface area contributed by atoms with Crippen LogP contribution in [0.15, 0.2) is 0 Å². The van der Waals surface area contributed by atoms with Crippen LogP contribution in [0, 0.1) is 0 Å². The standard InChI is InChI=1S/C16H31N2O2/c1-16(2,3)20-15(19)18(4,14-11-8-12-17-14)13-9-6-5-7-10-13/h13-14,17H,5-12H2,1-4H3/q+1. The van der Waals surface area contributed by atoms with Gasteiger partial charge in [0.05, 0.1) is 7.05 Å². The fraction of sp³-hybridized carbons (Fsp3) is 0.938. The zero-order valence-corrected chi connectivity index (χ0v) is 13.6. The summed E-state index contributed by atoms with van der Waals surface area (Å²) < 4.78 is 6.19. The Morgan fingerprint density at radius 3 is 2.25 bits per heavy atom. The van der Waals surface area contributed by atoms with E-state index in [0.29, 0.717) is 10.5 Å². The summed E-state index contributed by atoms with van der Waals surface area (Å²) >= 11 is 0. The van der Waals surface area contributed by atoms with Crippen LogP contribution in [0.4, 0.5) is 4.79 Å². The SMILES string of the molecule is CC(C)(C)OC(=O)[N+](C)(C1CCCCC1)C1CCCN1. The van der Waals surface area contributed by atoms with Gasteiger partial charge >= 0.3 is 6.09 Å². The van der Waals surface area contributed by atoms with Gasteiger partial charge in [-0.15, -0.1) is 0 Å². The smallest absolute Gasteiger partial charge is 0.414 e. The number of ether oxygens (including phenoxy) is 1. The monoisotopic (exact) mass is 283 g/mol. The zero-order chi connectivity index (χ0) is 14.8. The molecule has 1 saturated carbocycles. The van der Waals surface area contributed by atoms with Crippen molar-refractivity contribution in [3.8, 4) is 0 Å². The summed E-state index contributed by atoms with van der Waals surface area (Å²) in [5.74, 6) is 0. The molecule has 0 radical (unpaired) electrons. The van der Waals surface area contributed by atoms with E-state index in [4.69, 9.17) is 4.74 Å². The lowest BCUT2D eigenvalue weighted by Gasteiger charge is -2.44. The Hall–Kier alpha value is -0.610. The van der Waals surface area contributed by atoms with E-state index in [1.807, 2.05) is 20.8 Å². The Labute approximate surface area is 123 Å². The molecule has 116 valence electrons. The summed E-state index contributed by atoms with van der Waals surface area (Å²) in [6.07, 6.45) is 8.50. The summed E-state index contributed by atoms with van der Waals surface area (Å²) in [5.41, 5.74) is -0.413. The van der Waals surface area contributed by atoms with Crippen molar-refractivity contribution in [2.75, 3.05) is 13.6 Å². The van der Waals surface area contributed by atoms with E-state index in [1.54, 1.807) is 0 Å². The van der Waals surface area contributed by atoms with E-state index in [1.165, 1.54) is 19.3 Å². The van der Waals surface area contributed by atoms with Gasteiger partial charge in [-0.25, -0.2) is 4.48 Å². The average Bonchev–Trinajstić information content (AvgIpc) is 2.91. The third-order valence-electron chi connectivity index (χ3n) is 4.80. The van der Waals surface area contributed by atoms with Gasteiger partial charge in [0.1, 0.15) is 11.6 Å². The molecule has 0 aromatic heterocycles. The average molecular weight is 283 g/mol. The Morgan fingerprint density at radius 1 is 1.10 bits per heavy atom. The fourth-order valence-electron chi connectivity index (χ4n) is 3.63. The summed E-state index contributed by atoms with van der Waals surface area (Å²) in [7, 11) is 2.09. The minimum absolute atomic E-state index is 0.0520. The first-order valence-corrected chi connectivity index (χ1v) is 8.17. The fourth-order valence-corrected chi connectivity index (χ4v) is 3.63. The number of carbonyl (C=O) groups is 1. The van der Waals surface area contributed by atoms with Gasteiger partial charge in [-0.2, -0.15) is 4.79 Å². The van der Waals surface area contributed by atoms with Crippen LogP contribution >= 0.6 is 0 Å². The molecule has 4 nitrogen and oxygen atoms in total. The molecule has 2 atom stereocenters. The Morgan fingerprint density at radius 2 is 1.75 bits per heavy atom. The van der Waals surface area contributed by atoms with E-state index in [2.05, 4.69) is 12.4 Å². The molecule has 1 amide bonds. The number of rotatable bonds is 2. The lowest BCUT2D eigenvalue weighted by Crippen LogP contribution is -2.66. The quantitative estimate of drug-likeness (QED) is 0.789. The first-order valence-electron chi connectivity index (χ1n) is 8.17. The maximum absolute atomic E-state index is 12.9. The van der Waals surface area contributed by atoms with Gasteiger partial charge < -0.3 is 4.74 Å². The van der Waals surface area contributed by atoms with Crippen LogP contribution in [-0.4, -0.2) is 42.0 Å². The molecule has 1 aliphatic carbocycles. The van der Waals surface area contributed by atoms with Gasteiger partial charge in [0.25, 0.3) is 0 Å². The van der Waals surface area contributed by atoms with E-state index >= 15 is 0 Å². The van der Waals surface area contributed by atoms with E-state index < -0.39 is 5.60 Å². The molecule has 1 N–H and O–H groups in total. The second-order valence-electron chi connectivity index (χ2n) is 7.53. The first kappa shape index (κ1) is 15.8. The predicted molar refractivity (Wildman–Crippen MR) is 80.3 cm³/mol. The maximum atomic E-state index is 12.9. The number of hydrogen-bond donors (Lipinski definition) is 1. The van der Waals surface area contributed by atoms with Crippen LogP contribution in [0.5, 0.6) is 0 Å². The molecule has 1 saturated heterocycles. The lowest BCUT2D eigenvalue weighted by atomic mass is 9.92. The molecule has 20 heavy (non-hydrogen) atoms. The van der Waals surface area contributed by atoms with Crippen molar-refractivity contribution in [3.63, 3.8) is 0 Å². The van der Waals surface area contributed by atoms with Crippen molar-refractivity contribution in [2.45, 2.75) is 83.5 Å². The Balaban J connectivity index is 2.20. The minimum atomic E-state index is -0.413. The van der Waals surface area contributed by atoms with Gasteiger partial charge in [-0.3, -0.25) is 5.32 Å².